The molecule has 1 N–H and O–H groups in total. The van der Waals surface area contributed by atoms with E-state index in [0.717, 1.165) is 50.5 Å². The van der Waals surface area contributed by atoms with Crippen LogP contribution in [-0.4, -0.2) is 75.4 Å². The van der Waals surface area contributed by atoms with Crippen LogP contribution in [0, 0.1) is 0 Å². The molecule has 2 aliphatic rings. The molecule has 28 heavy (non-hydrogen) atoms. The van der Waals surface area contributed by atoms with Crippen molar-refractivity contribution in [1.82, 2.24) is 9.80 Å². The van der Waals surface area contributed by atoms with Crippen LogP contribution in [0.1, 0.15) is 32.1 Å². The van der Waals surface area contributed by atoms with Crippen molar-refractivity contribution >= 4 is 29.0 Å². The quantitative estimate of drug-likeness (QED) is 0.743. The first-order valence-corrected chi connectivity index (χ1v) is 10.8. The highest BCUT2D eigenvalue weighted by atomic mass is 35.5. The minimum Gasteiger partial charge on any atom is -0.376 e. The number of ether oxygens (including phenoxy) is 1. The van der Waals surface area contributed by atoms with Crippen molar-refractivity contribution in [2.45, 2.75) is 38.2 Å². The second-order valence-electron chi connectivity index (χ2n) is 8.02. The van der Waals surface area contributed by atoms with E-state index in [9.17, 15) is 4.79 Å². The minimum atomic E-state index is -0.0853. The molecule has 156 valence electrons. The molecule has 1 aromatic rings. The number of anilines is 2. The van der Waals surface area contributed by atoms with Crippen molar-refractivity contribution in [2.24, 2.45) is 0 Å². The van der Waals surface area contributed by atoms with Gasteiger partial charge in [-0.2, -0.15) is 0 Å². The number of piperidine rings is 1. The van der Waals surface area contributed by atoms with Gasteiger partial charge < -0.3 is 24.8 Å². The Bertz CT molecular complexity index is 643. The molecule has 1 unspecified atom stereocenters. The first kappa shape index (κ1) is 21.2. The molecule has 0 radical (unpaired) electrons. The van der Waals surface area contributed by atoms with E-state index in [2.05, 4.69) is 15.1 Å². The highest BCUT2D eigenvalue weighted by Crippen LogP contribution is 2.31. The van der Waals surface area contributed by atoms with Gasteiger partial charge in [0.05, 0.1) is 17.5 Å². The summed E-state index contributed by atoms with van der Waals surface area (Å²) in [7, 11) is 4.04. The topological polar surface area (TPSA) is 48.1 Å². The molecule has 2 heterocycles. The first-order valence-electron chi connectivity index (χ1n) is 10.4. The van der Waals surface area contributed by atoms with Gasteiger partial charge >= 0.3 is 6.03 Å². The maximum Gasteiger partial charge on any atom is 0.322 e. The van der Waals surface area contributed by atoms with Crippen LogP contribution in [0.5, 0.6) is 0 Å². The van der Waals surface area contributed by atoms with Gasteiger partial charge in [0.1, 0.15) is 0 Å². The summed E-state index contributed by atoms with van der Waals surface area (Å²) >= 11 is 6.25. The summed E-state index contributed by atoms with van der Waals surface area (Å²) < 4.78 is 5.76. The molecule has 0 bridgehead atoms. The Kier molecular flexibility index (Phi) is 7.82. The number of rotatable bonds is 7. The lowest BCUT2D eigenvalue weighted by molar-refractivity contribution is 0.0820. The van der Waals surface area contributed by atoms with Crippen LogP contribution in [0.2, 0.25) is 5.02 Å². The number of halogens is 1. The Morgan fingerprint density at radius 3 is 2.68 bits per heavy atom. The number of nitrogens with zero attached hydrogens (tertiary/aromatic N) is 3. The fraction of sp³-hybridized carbons (Fsp3) is 0.667. The van der Waals surface area contributed by atoms with E-state index in [-0.39, 0.29) is 12.1 Å². The Labute approximate surface area is 173 Å². The summed E-state index contributed by atoms with van der Waals surface area (Å²) in [4.78, 5) is 19.4. The molecule has 0 spiro atoms. The fourth-order valence-corrected chi connectivity index (χ4v) is 4.02. The first-order chi connectivity index (χ1) is 13.5. The molecule has 1 aromatic carbocycles. The highest BCUT2D eigenvalue weighted by molar-refractivity contribution is 6.31. The minimum absolute atomic E-state index is 0.0853. The summed E-state index contributed by atoms with van der Waals surface area (Å²) in [6, 6.07) is 5.70. The predicted molar refractivity (Wildman–Crippen MR) is 116 cm³/mol. The molecule has 0 saturated carbocycles. The fourth-order valence-electron chi connectivity index (χ4n) is 3.84. The van der Waals surface area contributed by atoms with E-state index in [0.29, 0.717) is 18.1 Å². The third kappa shape index (κ3) is 6.00. The Balaban J connectivity index is 1.72. The summed E-state index contributed by atoms with van der Waals surface area (Å²) in [5.74, 6) is 0. The maximum absolute atomic E-state index is 13.1. The molecule has 0 aliphatic carbocycles. The second kappa shape index (κ2) is 10.3. The van der Waals surface area contributed by atoms with Gasteiger partial charge in [-0.1, -0.05) is 11.6 Å². The van der Waals surface area contributed by atoms with E-state index in [1.54, 1.807) is 0 Å². The van der Waals surface area contributed by atoms with Gasteiger partial charge in [0.2, 0.25) is 0 Å². The van der Waals surface area contributed by atoms with Crippen LogP contribution in [0.15, 0.2) is 18.2 Å². The number of amides is 2. The number of carbonyl (C=O) groups is 1. The van der Waals surface area contributed by atoms with Gasteiger partial charge in [0.25, 0.3) is 0 Å². The van der Waals surface area contributed by atoms with Crippen LogP contribution >= 0.6 is 11.6 Å². The third-order valence-corrected chi connectivity index (χ3v) is 5.68. The van der Waals surface area contributed by atoms with Crippen LogP contribution in [-0.2, 0) is 4.74 Å². The average molecular weight is 409 g/mol. The lowest BCUT2D eigenvalue weighted by Crippen LogP contribution is -2.43. The SMILES string of the molecule is CN(C)CCN(CC1CCCO1)C(=O)Nc1cc(Cl)ccc1N1CCCCC1. The van der Waals surface area contributed by atoms with Gasteiger partial charge in [0.15, 0.2) is 0 Å². The van der Waals surface area contributed by atoms with Crippen molar-refractivity contribution in [3.05, 3.63) is 23.2 Å². The van der Waals surface area contributed by atoms with Crippen LogP contribution in [0.25, 0.3) is 0 Å². The highest BCUT2D eigenvalue weighted by Gasteiger charge is 2.24. The summed E-state index contributed by atoms with van der Waals surface area (Å²) in [5.41, 5.74) is 1.85. The van der Waals surface area contributed by atoms with Gasteiger partial charge in [-0.15, -0.1) is 0 Å². The predicted octanol–water partition coefficient (Wildman–Crippen LogP) is 3.90. The van der Waals surface area contributed by atoms with Crippen LogP contribution < -0.4 is 10.2 Å². The van der Waals surface area contributed by atoms with Crippen LogP contribution in [0.4, 0.5) is 16.2 Å². The largest absolute Gasteiger partial charge is 0.376 e. The lowest BCUT2D eigenvalue weighted by atomic mass is 10.1. The molecule has 0 aromatic heterocycles. The normalized spacial score (nSPS) is 19.9. The zero-order valence-electron chi connectivity index (χ0n) is 17.1. The van der Waals surface area contributed by atoms with Gasteiger partial charge in [-0.05, 0) is 64.4 Å². The molecule has 2 fully saturated rings. The van der Waals surface area contributed by atoms with Gasteiger partial charge in [-0.25, -0.2) is 4.79 Å². The van der Waals surface area contributed by atoms with Crippen molar-refractivity contribution in [3.8, 4) is 0 Å². The zero-order valence-corrected chi connectivity index (χ0v) is 17.9. The standard InChI is InChI=1S/C21H33ClN4O2/c1-24(2)12-13-26(16-18-7-6-14-28-18)21(27)23-19-15-17(22)8-9-20(19)25-10-4-3-5-11-25/h8-9,15,18H,3-7,10-14,16H2,1-2H3,(H,23,27). The molecular weight excluding hydrogens is 376 g/mol. The summed E-state index contributed by atoms with van der Waals surface area (Å²) in [6.45, 7) is 4.93. The number of carbonyl (C=O) groups excluding carboxylic acids is 1. The van der Waals surface area contributed by atoms with Crippen molar-refractivity contribution in [1.29, 1.82) is 0 Å². The Morgan fingerprint density at radius 2 is 2.00 bits per heavy atom. The summed E-state index contributed by atoms with van der Waals surface area (Å²) in [5, 5.41) is 3.77. The molecule has 7 heteroatoms. The number of nitrogens with one attached hydrogen (secondary N) is 1. The van der Waals surface area contributed by atoms with Crippen molar-refractivity contribution in [2.75, 3.05) is 63.6 Å². The smallest absolute Gasteiger partial charge is 0.322 e. The molecule has 3 rings (SSSR count). The van der Waals surface area contributed by atoms with E-state index < -0.39 is 0 Å². The zero-order chi connectivity index (χ0) is 19.9. The van der Waals surface area contributed by atoms with Crippen LogP contribution in [0.3, 0.4) is 0 Å². The second-order valence-corrected chi connectivity index (χ2v) is 8.46. The van der Waals surface area contributed by atoms with E-state index in [1.807, 2.05) is 37.2 Å². The van der Waals surface area contributed by atoms with Crippen molar-refractivity contribution < 1.29 is 9.53 Å². The molecule has 2 saturated heterocycles. The Hall–Kier alpha value is -1.50. The monoisotopic (exact) mass is 408 g/mol. The number of likely N-dealkylation sites (N-methyl/N-ethyl adjacent to an activating group) is 1. The Morgan fingerprint density at radius 1 is 1.21 bits per heavy atom. The molecule has 6 nitrogen and oxygen atoms in total. The van der Waals surface area contributed by atoms with E-state index >= 15 is 0 Å². The van der Waals surface area contributed by atoms with E-state index in [4.69, 9.17) is 16.3 Å². The molecular formula is C21H33ClN4O2. The molecule has 1 atom stereocenters. The molecule has 2 amide bonds. The number of hydrogen-bond donors (Lipinski definition) is 1. The third-order valence-electron chi connectivity index (χ3n) is 5.45. The number of benzene rings is 1. The van der Waals surface area contributed by atoms with Gasteiger partial charge in [-0.3, -0.25) is 0 Å². The number of hydrogen-bond acceptors (Lipinski definition) is 4. The lowest BCUT2D eigenvalue weighted by Gasteiger charge is -2.32. The van der Waals surface area contributed by atoms with Gasteiger partial charge in [0, 0.05) is 44.4 Å². The van der Waals surface area contributed by atoms with Crippen molar-refractivity contribution in [3.63, 3.8) is 0 Å². The number of urea groups is 1. The van der Waals surface area contributed by atoms with E-state index in [1.165, 1.54) is 19.3 Å². The molecule has 2 aliphatic heterocycles. The summed E-state index contributed by atoms with van der Waals surface area (Å²) in [6.07, 6.45) is 5.86. The maximum atomic E-state index is 13.1. The average Bonchev–Trinajstić information content (AvgIpc) is 3.19.